The van der Waals surface area contributed by atoms with Gasteiger partial charge in [-0.1, -0.05) is 25.3 Å². The number of primary amides is 1. The Morgan fingerprint density at radius 2 is 1.88 bits per heavy atom. The first-order chi connectivity index (χ1) is 8.19. The first kappa shape index (κ1) is 12.8. The number of nitrogens with two attached hydrogens (primary N) is 1. The van der Waals surface area contributed by atoms with Gasteiger partial charge < -0.3 is 15.2 Å². The van der Waals surface area contributed by atoms with E-state index in [2.05, 4.69) is 13.2 Å². The highest BCUT2D eigenvalue weighted by Crippen LogP contribution is 2.24. The summed E-state index contributed by atoms with van der Waals surface area (Å²) in [5.41, 5.74) is 5.55. The number of carbonyl (C=O) groups is 1. The molecule has 1 amide bonds. The van der Waals surface area contributed by atoms with Gasteiger partial charge in [-0.2, -0.15) is 0 Å². The Bertz CT molecular complexity index is 427. The fourth-order valence-corrected chi connectivity index (χ4v) is 1.22. The smallest absolute Gasteiger partial charge is 0.252 e. The SMILES string of the molecule is C=CCOc1ccc(C(N)=O)c(OCC=C)c1. The summed E-state index contributed by atoms with van der Waals surface area (Å²) in [5, 5.41) is 0. The minimum absolute atomic E-state index is 0.297. The van der Waals surface area contributed by atoms with Crippen LogP contribution in [0.4, 0.5) is 0 Å². The van der Waals surface area contributed by atoms with Crippen molar-refractivity contribution in [2.45, 2.75) is 0 Å². The van der Waals surface area contributed by atoms with Crippen LogP contribution in [0.5, 0.6) is 11.5 Å². The van der Waals surface area contributed by atoms with Gasteiger partial charge in [0.05, 0.1) is 5.56 Å². The molecular formula is C13H15NO3. The second kappa shape index (κ2) is 6.37. The summed E-state index contributed by atoms with van der Waals surface area (Å²) in [7, 11) is 0. The van der Waals surface area contributed by atoms with Gasteiger partial charge in [0.2, 0.25) is 0 Å². The average Bonchev–Trinajstić information content (AvgIpc) is 2.33. The minimum Gasteiger partial charge on any atom is -0.489 e. The third kappa shape index (κ3) is 3.68. The molecule has 0 aromatic heterocycles. The molecule has 0 atom stereocenters. The molecule has 0 saturated heterocycles. The molecule has 2 N–H and O–H groups in total. The molecule has 0 aliphatic rings. The molecule has 0 unspecified atom stereocenters. The highest BCUT2D eigenvalue weighted by atomic mass is 16.5. The lowest BCUT2D eigenvalue weighted by molar-refractivity contribution is 0.0997. The van der Waals surface area contributed by atoms with Crippen LogP contribution in [0.15, 0.2) is 43.5 Å². The molecule has 0 saturated carbocycles. The molecule has 17 heavy (non-hydrogen) atoms. The van der Waals surface area contributed by atoms with Crippen molar-refractivity contribution in [3.8, 4) is 11.5 Å². The molecule has 1 aromatic carbocycles. The quantitative estimate of drug-likeness (QED) is 0.732. The van der Waals surface area contributed by atoms with Crippen LogP contribution in [0.3, 0.4) is 0 Å². The maximum Gasteiger partial charge on any atom is 0.252 e. The summed E-state index contributed by atoms with van der Waals surface area (Å²) in [6.07, 6.45) is 3.22. The van der Waals surface area contributed by atoms with Crippen LogP contribution in [0.2, 0.25) is 0 Å². The Morgan fingerprint density at radius 1 is 1.24 bits per heavy atom. The van der Waals surface area contributed by atoms with Gasteiger partial charge in [-0.25, -0.2) is 0 Å². The van der Waals surface area contributed by atoms with Crippen LogP contribution in [-0.2, 0) is 0 Å². The van der Waals surface area contributed by atoms with E-state index < -0.39 is 5.91 Å². The normalized spacial score (nSPS) is 9.41. The van der Waals surface area contributed by atoms with Crippen molar-refractivity contribution in [3.63, 3.8) is 0 Å². The number of benzene rings is 1. The minimum atomic E-state index is -0.542. The van der Waals surface area contributed by atoms with Crippen LogP contribution >= 0.6 is 0 Å². The summed E-state index contributed by atoms with van der Waals surface area (Å²) in [4.78, 5) is 11.2. The van der Waals surface area contributed by atoms with Gasteiger partial charge in [0, 0.05) is 6.07 Å². The van der Waals surface area contributed by atoms with Crippen molar-refractivity contribution in [2.24, 2.45) is 5.73 Å². The van der Waals surface area contributed by atoms with E-state index in [1.807, 2.05) is 0 Å². The third-order valence-electron chi connectivity index (χ3n) is 1.94. The summed E-state index contributed by atoms with van der Waals surface area (Å²) in [5.74, 6) is 0.437. The Morgan fingerprint density at radius 3 is 2.47 bits per heavy atom. The second-order valence-electron chi connectivity index (χ2n) is 3.22. The topological polar surface area (TPSA) is 61.5 Å². The highest BCUT2D eigenvalue weighted by Gasteiger charge is 2.10. The van der Waals surface area contributed by atoms with E-state index in [4.69, 9.17) is 15.2 Å². The molecule has 0 aliphatic carbocycles. The zero-order valence-corrected chi connectivity index (χ0v) is 9.52. The van der Waals surface area contributed by atoms with E-state index in [1.165, 1.54) is 0 Å². The fourth-order valence-electron chi connectivity index (χ4n) is 1.22. The van der Waals surface area contributed by atoms with Gasteiger partial charge in [0.1, 0.15) is 24.7 Å². The molecule has 90 valence electrons. The Kier molecular flexibility index (Phi) is 4.81. The standard InChI is InChI=1S/C13H15NO3/c1-3-7-16-10-5-6-11(13(14)15)12(9-10)17-8-4-2/h3-6,9H,1-2,7-8H2,(H2,14,15). The number of amides is 1. The van der Waals surface area contributed by atoms with Crippen molar-refractivity contribution < 1.29 is 14.3 Å². The number of ether oxygens (including phenoxy) is 2. The lowest BCUT2D eigenvalue weighted by atomic mass is 10.2. The van der Waals surface area contributed by atoms with Crippen LogP contribution in [0.1, 0.15) is 10.4 Å². The first-order valence-electron chi connectivity index (χ1n) is 5.10. The number of hydrogen-bond donors (Lipinski definition) is 1. The Hall–Kier alpha value is -2.23. The first-order valence-corrected chi connectivity index (χ1v) is 5.10. The molecule has 1 aromatic rings. The number of carbonyl (C=O) groups excluding carboxylic acids is 1. The van der Waals surface area contributed by atoms with Crippen molar-refractivity contribution in [1.29, 1.82) is 0 Å². The van der Waals surface area contributed by atoms with E-state index >= 15 is 0 Å². The summed E-state index contributed by atoms with van der Waals surface area (Å²) < 4.78 is 10.7. The van der Waals surface area contributed by atoms with Gasteiger partial charge in [-0.3, -0.25) is 4.79 Å². The predicted octanol–water partition coefficient (Wildman–Crippen LogP) is 1.92. The van der Waals surface area contributed by atoms with Crippen LogP contribution in [0, 0.1) is 0 Å². The van der Waals surface area contributed by atoms with E-state index in [1.54, 1.807) is 30.4 Å². The van der Waals surface area contributed by atoms with E-state index in [9.17, 15) is 4.79 Å². The van der Waals surface area contributed by atoms with Gasteiger partial charge in [0.25, 0.3) is 5.91 Å². The maximum absolute atomic E-state index is 11.2. The van der Waals surface area contributed by atoms with Crippen molar-refractivity contribution in [2.75, 3.05) is 13.2 Å². The van der Waals surface area contributed by atoms with Crippen LogP contribution in [0.25, 0.3) is 0 Å². The molecule has 1 rings (SSSR count). The molecule has 0 spiro atoms. The van der Waals surface area contributed by atoms with Crippen LogP contribution < -0.4 is 15.2 Å². The van der Waals surface area contributed by atoms with Gasteiger partial charge in [-0.15, -0.1) is 0 Å². The van der Waals surface area contributed by atoms with Gasteiger partial charge in [-0.05, 0) is 12.1 Å². The average molecular weight is 233 g/mol. The maximum atomic E-state index is 11.2. The summed E-state index contributed by atoms with van der Waals surface area (Å²) >= 11 is 0. The molecule has 0 bridgehead atoms. The lowest BCUT2D eigenvalue weighted by Gasteiger charge is -2.10. The van der Waals surface area contributed by atoms with Crippen molar-refractivity contribution in [3.05, 3.63) is 49.1 Å². The van der Waals surface area contributed by atoms with E-state index in [0.717, 1.165) is 0 Å². The Balaban J connectivity index is 2.95. The summed E-state index contributed by atoms with van der Waals surface area (Å²) in [6.45, 7) is 7.77. The van der Waals surface area contributed by atoms with Gasteiger partial charge >= 0.3 is 0 Å². The van der Waals surface area contributed by atoms with Crippen molar-refractivity contribution >= 4 is 5.91 Å². The van der Waals surface area contributed by atoms with Crippen LogP contribution in [-0.4, -0.2) is 19.1 Å². The molecule has 4 nitrogen and oxygen atoms in total. The number of rotatable bonds is 7. The van der Waals surface area contributed by atoms with E-state index in [0.29, 0.717) is 30.3 Å². The zero-order valence-electron chi connectivity index (χ0n) is 9.52. The van der Waals surface area contributed by atoms with Gasteiger partial charge in [0.15, 0.2) is 0 Å². The molecular weight excluding hydrogens is 218 g/mol. The molecule has 0 heterocycles. The third-order valence-corrected chi connectivity index (χ3v) is 1.94. The largest absolute Gasteiger partial charge is 0.489 e. The highest BCUT2D eigenvalue weighted by molar-refractivity contribution is 5.95. The fraction of sp³-hybridized carbons (Fsp3) is 0.154. The second-order valence-corrected chi connectivity index (χ2v) is 3.22. The summed E-state index contributed by atoms with van der Waals surface area (Å²) in [6, 6.07) is 4.84. The number of hydrogen-bond acceptors (Lipinski definition) is 3. The molecule has 4 heteroatoms. The Labute approximate surface area is 100 Å². The van der Waals surface area contributed by atoms with Crippen molar-refractivity contribution in [1.82, 2.24) is 0 Å². The molecule has 0 fully saturated rings. The molecule has 0 radical (unpaired) electrons. The zero-order chi connectivity index (χ0) is 12.7. The molecule has 0 aliphatic heterocycles. The lowest BCUT2D eigenvalue weighted by Crippen LogP contribution is -2.13. The monoisotopic (exact) mass is 233 g/mol. The predicted molar refractivity (Wildman–Crippen MR) is 66.3 cm³/mol. The van der Waals surface area contributed by atoms with E-state index in [-0.39, 0.29) is 0 Å².